The molecule has 0 saturated carbocycles. The maximum Gasteiger partial charge on any atom is 0.236 e. The highest BCUT2D eigenvalue weighted by Crippen LogP contribution is 2.30. The molecule has 1 aromatic rings. The van der Waals surface area contributed by atoms with Crippen LogP contribution in [0.2, 0.25) is 0 Å². The van der Waals surface area contributed by atoms with Gasteiger partial charge < -0.3 is 14.4 Å². The molecule has 0 aromatic carbocycles. The minimum absolute atomic E-state index is 0.0913. The molecule has 120 valence electrons. The molecule has 22 heavy (non-hydrogen) atoms. The summed E-state index contributed by atoms with van der Waals surface area (Å²) >= 11 is 0. The Balaban J connectivity index is 1.41. The summed E-state index contributed by atoms with van der Waals surface area (Å²) in [6.45, 7) is 5.56. The van der Waals surface area contributed by atoms with Gasteiger partial charge in [0, 0.05) is 26.2 Å². The van der Waals surface area contributed by atoms with Crippen molar-refractivity contribution in [1.82, 2.24) is 24.8 Å². The van der Waals surface area contributed by atoms with E-state index < -0.39 is 0 Å². The number of piperidine rings is 1. The summed E-state index contributed by atoms with van der Waals surface area (Å²) in [7, 11) is 0. The zero-order valence-corrected chi connectivity index (χ0v) is 12.6. The average Bonchev–Trinajstić information content (AvgIpc) is 3.04. The van der Waals surface area contributed by atoms with E-state index in [2.05, 4.69) is 15.2 Å². The number of nitrogens with zero attached hydrogens (tertiary/aromatic N) is 5. The van der Waals surface area contributed by atoms with Crippen molar-refractivity contribution < 1.29 is 14.3 Å². The van der Waals surface area contributed by atoms with Crippen LogP contribution in [-0.2, 0) is 20.9 Å². The number of carbonyl (C=O) groups is 1. The molecule has 8 nitrogen and oxygen atoms in total. The van der Waals surface area contributed by atoms with Crippen molar-refractivity contribution in [3.8, 4) is 0 Å². The van der Waals surface area contributed by atoms with Crippen LogP contribution in [0.25, 0.3) is 0 Å². The van der Waals surface area contributed by atoms with E-state index in [0.29, 0.717) is 32.9 Å². The van der Waals surface area contributed by atoms with Gasteiger partial charge in [0.15, 0.2) is 0 Å². The molecule has 0 radical (unpaired) electrons. The van der Waals surface area contributed by atoms with E-state index in [9.17, 15) is 4.79 Å². The molecular formula is C14H21N5O3. The van der Waals surface area contributed by atoms with Crippen LogP contribution in [0.15, 0.2) is 6.20 Å². The zero-order valence-electron chi connectivity index (χ0n) is 12.6. The average molecular weight is 307 g/mol. The number of likely N-dealkylation sites (tertiary alicyclic amines) is 1. The number of hydrogen-bond donors (Lipinski definition) is 0. The van der Waals surface area contributed by atoms with Crippen LogP contribution in [0.3, 0.4) is 0 Å². The van der Waals surface area contributed by atoms with Gasteiger partial charge in [-0.05, 0) is 6.42 Å². The van der Waals surface area contributed by atoms with Crippen molar-refractivity contribution in [1.29, 1.82) is 0 Å². The summed E-state index contributed by atoms with van der Waals surface area (Å²) in [5.41, 5.74) is 0.990. The van der Waals surface area contributed by atoms with Crippen LogP contribution in [0.4, 0.5) is 0 Å². The van der Waals surface area contributed by atoms with E-state index in [1.807, 2.05) is 9.58 Å². The van der Waals surface area contributed by atoms with Gasteiger partial charge in [-0.1, -0.05) is 5.21 Å². The van der Waals surface area contributed by atoms with E-state index in [1.165, 1.54) is 0 Å². The normalized spacial score (nSPS) is 29.0. The molecular weight excluding hydrogens is 286 g/mol. The second-order valence-corrected chi connectivity index (χ2v) is 6.10. The molecule has 2 fully saturated rings. The van der Waals surface area contributed by atoms with Gasteiger partial charge in [-0.2, -0.15) is 0 Å². The number of aromatic nitrogens is 3. The van der Waals surface area contributed by atoms with E-state index in [0.717, 1.165) is 31.7 Å². The molecule has 2 saturated heterocycles. The molecule has 1 aromatic heterocycles. The van der Waals surface area contributed by atoms with Crippen LogP contribution in [0.1, 0.15) is 18.2 Å². The Bertz CT molecular complexity index is 542. The second kappa shape index (κ2) is 5.94. The van der Waals surface area contributed by atoms with Gasteiger partial charge in [-0.15, -0.1) is 5.10 Å². The summed E-state index contributed by atoms with van der Waals surface area (Å²) in [6.07, 6.45) is 2.74. The third kappa shape index (κ3) is 2.62. The van der Waals surface area contributed by atoms with Crippen molar-refractivity contribution in [2.45, 2.75) is 25.2 Å². The highest BCUT2D eigenvalue weighted by atomic mass is 16.5. The summed E-state index contributed by atoms with van der Waals surface area (Å²) in [6, 6.07) is 0.0913. The fourth-order valence-electron chi connectivity index (χ4n) is 3.46. The Morgan fingerprint density at radius 2 is 2.18 bits per heavy atom. The van der Waals surface area contributed by atoms with Gasteiger partial charge in [0.25, 0.3) is 0 Å². The predicted molar refractivity (Wildman–Crippen MR) is 76.1 cm³/mol. The molecule has 4 heterocycles. The molecule has 0 N–H and O–H groups in total. The fourth-order valence-corrected chi connectivity index (χ4v) is 3.46. The molecule has 0 unspecified atom stereocenters. The smallest absolute Gasteiger partial charge is 0.236 e. The lowest BCUT2D eigenvalue weighted by molar-refractivity contribution is -0.140. The van der Waals surface area contributed by atoms with Gasteiger partial charge in [0.05, 0.1) is 50.4 Å². The first-order valence-corrected chi connectivity index (χ1v) is 7.90. The first-order valence-electron chi connectivity index (χ1n) is 7.90. The van der Waals surface area contributed by atoms with Gasteiger partial charge >= 0.3 is 0 Å². The van der Waals surface area contributed by atoms with E-state index in [4.69, 9.17) is 9.47 Å². The van der Waals surface area contributed by atoms with Gasteiger partial charge in [0.1, 0.15) is 0 Å². The Hall–Kier alpha value is -1.51. The number of amides is 1. The minimum Gasteiger partial charge on any atom is -0.379 e. The SMILES string of the molecule is O=C(CN1CCOCC1)N1CC[C@@H]2OCc3cnnn3[C@@H]2C1. The molecule has 0 aliphatic carbocycles. The lowest BCUT2D eigenvalue weighted by atomic mass is 10.0. The second-order valence-electron chi connectivity index (χ2n) is 6.10. The third-order valence-corrected chi connectivity index (χ3v) is 4.74. The number of ether oxygens (including phenoxy) is 2. The molecule has 2 atom stereocenters. The molecule has 3 aliphatic rings. The lowest BCUT2D eigenvalue weighted by Crippen LogP contribution is -2.52. The third-order valence-electron chi connectivity index (χ3n) is 4.74. The largest absolute Gasteiger partial charge is 0.379 e. The van der Waals surface area contributed by atoms with Crippen molar-refractivity contribution in [3.63, 3.8) is 0 Å². The molecule has 4 rings (SSSR count). The quantitative estimate of drug-likeness (QED) is 0.718. The summed E-state index contributed by atoms with van der Waals surface area (Å²) < 4.78 is 13.1. The Kier molecular flexibility index (Phi) is 3.81. The summed E-state index contributed by atoms with van der Waals surface area (Å²) in [4.78, 5) is 16.7. The molecule has 3 aliphatic heterocycles. The zero-order chi connectivity index (χ0) is 14.9. The molecule has 8 heteroatoms. The minimum atomic E-state index is 0.0913. The number of hydrogen-bond acceptors (Lipinski definition) is 6. The van der Waals surface area contributed by atoms with Crippen LogP contribution in [0, 0.1) is 0 Å². The van der Waals surface area contributed by atoms with Crippen molar-refractivity contribution in [2.24, 2.45) is 0 Å². The van der Waals surface area contributed by atoms with Crippen molar-refractivity contribution >= 4 is 5.91 Å². The lowest BCUT2D eigenvalue weighted by Gasteiger charge is -2.41. The van der Waals surface area contributed by atoms with Gasteiger partial charge in [0.2, 0.25) is 5.91 Å². The Morgan fingerprint density at radius 3 is 3.05 bits per heavy atom. The monoisotopic (exact) mass is 307 g/mol. The molecule has 0 spiro atoms. The van der Waals surface area contributed by atoms with Crippen LogP contribution < -0.4 is 0 Å². The predicted octanol–water partition coefficient (Wildman–Crippen LogP) is -0.717. The first kappa shape index (κ1) is 14.1. The topological polar surface area (TPSA) is 72.7 Å². The number of rotatable bonds is 2. The van der Waals surface area contributed by atoms with Crippen molar-refractivity contribution in [2.75, 3.05) is 45.9 Å². The maximum absolute atomic E-state index is 12.5. The van der Waals surface area contributed by atoms with Crippen molar-refractivity contribution in [3.05, 3.63) is 11.9 Å². The van der Waals surface area contributed by atoms with Crippen LogP contribution in [-0.4, -0.2) is 82.7 Å². The van der Waals surface area contributed by atoms with Gasteiger partial charge in [-0.3, -0.25) is 9.69 Å². The highest BCUT2D eigenvalue weighted by Gasteiger charge is 2.38. The Labute approximate surface area is 128 Å². The highest BCUT2D eigenvalue weighted by molar-refractivity contribution is 5.78. The van der Waals surface area contributed by atoms with E-state index >= 15 is 0 Å². The van der Waals surface area contributed by atoms with Crippen LogP contribution in [0.5, 0.6) is 0 Å². The molecule has 1 amide bonds. The van der Waals surface area contributed by atoms with Gasteiger partial charge in [-0.25, -0.2) is 4.68 Å². The summed E-state index contributed by atoms with van der Waals surface area (Å²) in [5.74, 6) is 0.188. The summed E-state index contributed by atoms with van der Waals surface area (Å²) in [5, 5.41) is 8.14. The van der Waals surface area contributed by atoms with E-state index in [1.54, 1.807) is 6.20 Å². The number of carbonyl (C=O) groups excluding carboxylic acids is 1. The Morgan fingerprint density at radius 1 is 1.32 bits per heavy atom. The number of fused-ring (bicyclic) bond motifs is 3. The fraction of sp³-hybridized carbons (Fsp3) is 0.786. The number of morpholine rings is 1. The molecule has 0 bridgehead atoms. The first-order chi connectivity index (χ1) is 10.8. The maximum atomic E-state index is 12.5. The van der Waals surface area contributed by atoms with E-state index in [-0.39, 0.29) is 18.1 Å². The van der Waals surface area contributed by atoms with Crippen LogP contribution >= 0.6 is 0 Å². The standard InChI is InChI=1S/C14H21N5O3/c20-14(9-17-3-5-21-6-4-17)18-2-1-13-12(8-18)19-11(10-22-13)7-15-16-19/h7,12-13H,1-6,8-10H2/t12-,13+/m1/s1.